The molecule has 1 N–H and O–H groups in total. The van der Waals surface area contributed by atoms with Crippen LogP contribution in [0.15, 0.2) is 35.7 Å². The van der Waals surface area contributed by atoms with Gasteiger partial charge in [-0.3, -0.25) is 0 Å². The number of benzene rings is 1. The summed E-state index contributed by atoms with van der Waals surface area (Å²) in [6.07, 6.45) is 0. The van der Waals surface area contributed by atoms with Crippen LogP contribution in [0.25, 0.3) is 0 Å². The highest BCUT2D eigenvalue weighted by atomic mass is 32.1. The summed E-state index contributed by atoms with van der Waals surface area (Å²) >= 11 is 1.68. The number of hydrogen-bond donors (Lipinski definition) is 1. The molecule has 0 amide bonds. The Morgan fingerprint density at radius 3 is 2.86 bits per heavy atom. The van der Waals surface area contributed by atoms with Gasteiger partial charge in [0.2, 0.25) is 0 Å². The Morgan fingerprint density at radius 2 is 2.19 bits per heavy atom. The normalized spacial score (nSPS) is 10.8. The lowest BCUT2D eigenvalue weighted by Gasteiger charge is -2.19. The number of nitrogens with zero attached hydrogens (tertiary/aromatic N) is 1. The van der Waals surface area contributed by atoms with Crippen molar-refractivity contribution in [3.05, 3.63) is 52.0 Å². The molecule has 114 valence electrons. The third kappa shape index (κ3) is 4.81. The quantitative estimate of drug-likeness (QED) is 0.758. The Morgan fingerprint density at radius 1 is 1.33 bits per heavy atom. The lowest BCUT2D eigenvalue weighted by molar-refractivity contribution is 0.199. The van der Waals surface area contributed by atoms with Gasteiger partial charge in [0.05, 0.1) is 18.8 Å². The predicted molar refractivity (Wildman–Crippen MR) is 86.4 cm³/mol. The van der Waals surface area contributed by atoms with Crippen molar-refractivity contribution in [3.63, 3.8) is 0 Å². The Bertz CT molecular complexity index is 545. The lowest BCUT2D eigenvalue weighted by atomic mass is 10.2. The molecule has 3 nitrogen and oxygen atoms in total. The van der Waals surface area contributed by atoms with E-state index in [4.69, 9.17) is 4.74 Å². The molecule has 0 saturated heterocycles. The molecule has 0 aliphatic rings. The van der Waals surface area contributed by atoms with Crippen molar-refractivity contribution >= 4 is 17.0 Å². The van der Waals surface area contributed by atoms with E-state index in [2.05, 4.69) is 11.4 Å². The Kier molecular flexibility index (Phi) is 6.17. The third-order valence-corrected chi connectivity index (χ3v) is 4.07. The molecule has 0 unspecified atom stereocenters. The number of methoxy groups -OCH3 is 1. The van der Waals surface area contributed by atoms with Crippen LogP contribution in [0.5, 0.6) is 0 Å². The average molecular weight is 308 g/mol. The number of anilines is 1. The average Bonchev–Trinajstić information content (AvgIpc) is 2.96. The summed E-state index contributed by atoms with van der Waals surface area (Å²) < 4.78 is 19.2. The Balaban J connectivity index is 1.94. The molecule has 0 radical (unpaired) electrons. The molecule has 0 aliphatic carbocycles. The van der Waals surface area contributed by atoms with E-state index in [1.54, 1.807) is 24.5 Å². The number of ether oxygens (including phenoxy) is 1. The first-order valence-electron chi connectivity index (χ1n) is 6.92. The van der Waals surface area contributed by atoms with Gasteiger partial charge in [0.1, 0.15) is 5.82 Å². The Hall–Kier alpha value is -1.43. The number of halogens is 1. The molecular formula is C16H21FN2OS. The summed E-state index contributed by atoms with van der Waals surface area (Å²) in [7, 11) is 3.58. The monoisotopic (exact) mass is 308 g/mol. The van der Waals surface area contributed by atoms with E-state index in [0.29, 0.717) is 18.8 Å². The largest absolute Gasteiger partial charge is 0.383 e. The first-order valence-corrected chi connectivity index (χ1v) is 7.80. The first-order chi connectivity index (χ1) is 10.2. The number of thiophene rings is 1. The zero-order chi connectivity index (χ0) is 15.1. The highest BCUT2D eigenvalue weighted by molar-refractivity contribution is 7.09. The molecule has 0 spiro atoms. The maximum atomic E-state index is 14.2. The molecule has 5 heteroatoms. The second-order valence-corrected chi connectivity index (χ2v) is 5.92. The van der Waals surface area contributed by atoms with Gasteiger partial charge in [-0.2, -0.15) is 0 Å². The predicted octanol–water partition coefficient (Wildman–Crippen LogP) is 3.26. The Labute approximate surface area is 129 Å². The van der Waals surface area contributed by atoms with E-state index in [1.165, 1.54) is 4.88 Å². The standard InChI is InChI=1S/C16H21FN2OS/c1-19(12-14-4-3-9-21-14)16-6-5-13(10-15(16)17)11-18-7-8-20-2/h3-6,9-10,18H,7-8,11-12H2,1-2H3. The maximum Gasteiger partial charge on any atom is 0.146 e. The molecule has 2 rings (SSSR count). The molecule has 0 fully saturated rings. The van der Waals surface area contributed by atoms with E-state index in [0.717, 1.165) is 18.7 Å². The van der Waals surface area contributed by atoms with Crippen LogP contribution in [0.4, 0.5) is 10.1 Å². The van der Waals surface area contributed by atoms with E-state index in [9.17, 15) is 4.39 Å². The van der Waals surface area contributed by atoms with Gasteiger partial charge in [-0.1, -0.05) is 12.1 Å². The second kappa shape index (κ2) is 8.12. The molecule has 0 bridgehead atoms. The molecule has 0 aliphatic heterocycles. The smallest absolute Gasteiger partial charge is 0.146 e. The van der Waals surface area contributed by atoms with Crippen molar-refractivity contribution in [2.24, 2.45) is 0 Å². The summed E-state index contributed by atoms with van der Waals surface area (Å²) in [6.45, 7) is 2.79. The summed E-state index contributed by atoms with van der Waals surface area (Å²) in [5.74, 6) is -0.180. The van der Waals surface area contributed by atoms with Crippen molar-refractivity contribution < 1.29 is 9.13 Å². The van der Waals surface area contributed by atoms with E-state index in [-0.39, 0.29) is 5.82 Å². The molecule has 2 aromatic rings. The second-order valence-electron chi connectivity index (χ2n) is 4.89. The van der Waals surface area contributed by atoms with Crippen molar-refractivity contribution in [2.75, 3.05) is 32.2 Å². The molecule has 1 aromatic heterocycles. The van der Waals surface area contributed by atoms with Gasteiger partial charge >= 0.3 is 0 Å². The highest BCUT2D eigenvalue weighted by Crippen LogP contribution is 2.22. The van der Waals surface area contributed by atoms with Crippen LogP contribution in [0.1, 0.15) is 10.4 Å². The minimum Gasteiger partial charge on any atom is -0.383 e. The van der Waals surface area contributed by atoms with Crippen LogP contribution in [0, 0.1) is 5.82 Å². The van der Waals surface area contributed by atoms with Gasteiger partial charge in [0.25, 0.3) is 0 Å². The molecular weight excluding hydrogens is 287 g/mol. The molecule has 0 atom stereocenters. The van der Waals surface area contributed by atoms with Gasteiger partial charge in [0, 0.05) is 32.1 Å². The molecule has 21 heavy (non-hydrogen) atoms. The number of nitrogens with one attached hydrogen (secondary N) is 1. The van der Waals surface area contributed by atoms with Crippen LogP contribution < -0.4 is 10.2 Å². The van der Waals surface area contributed by atoms with Gasteiger partial charge in [-0.05, 0) is 29.1 Å². The van der Waals surface area contributed by atoms with Gasteiger partial charge < -0.3 is 15.0 Å². The zero-order valence-corrected chi connectivity index (χ0v) is 13.3. The third-order valence-electron chi connectivity index (χ3n) is 3.21. The van der Waals surface area contributed by atoms with Crippen LogP contribution in [-0.4, -0.2) is 27.3 Å². The van der Waals surface area contributed by atoms with Crippen LogP contribution in [-0.2, 0) is 17.8 Å². The number of hydrogen-bond acceptors (Lipinski definition) is 4. The summed E-state index contributed by atoms with van der Waals surface area (Å²) in [6, 6.07) is 9.48. The summed E-state index contributed by atoms with van der Waals surface area (Å²) in [4.78, 5) is 3.16. The summed E-state index contributed by atoms with van der Waals surface area (Å²) in [5.41, 5.74) is 1.57. The van der Waals surface area contributed by atoms with E-state index < -0.39 is 0 Å². The maximum absolute atomic E-state index is 14.2. The fourth-order valence-corrected chi connectivity index (χ4v) is 2.86. The van der Waals surface area contributed by atoms with Gasteiger partial charge in [0.15, 0.2) is 0 Å². The van der Waals surface area contributed by atoms with Crippen LogP contribution >= 0.6 is 11.3 Å². The van der Waals surface area contributed by atoms with Crippen molar-refractivity contribution in [1.29, 1.82) is 0 Å². The lowest BCUT2D eigenvalue weighted by Crippen LogP contribution is -2.19. The minimum atomic E-state index is -0.180. The summed E-state index contributed by atoms with van der Waals surface area (Å²) in [5, 5.41) is 5.25. The van der Waals surface area contributed by atoms with Crippen LogP contribution in [0.3, 0.4) is 0 Å². The highest BCUT2D eigenvalue weighted by Gasteiger charge is 2.09. The topological polar surface area (TPSA) is 24.5 Å². The van der Waals surface area contributed by atoms with Crippen molar-refractivity contribution in [3.8, 4) is 0 Å². The molecule has 1 heterocycles. The minimum absolute atomic E-state index is 0.180. The fraction of sp³-hybridized carbons (Fsp3) is 0.375. The first kappa shape index (κ1) is 15.9. The van der Waals surface area contributed by atoms with Crippen LogP contribution in [0.2, 0.25) is 0 Å². The number of rotatable bonds is 8. The van der Waals surface area contributed by atoms with Gasteiger partial charge in [-0.25, -0.2) is 4.39 Å². The van der Waals surface area contributed by atoms with Gasteiger partial charge in [-0.15, -0.1) is 11.3 Å². The SMILES string of the molecule is COCCNCc1ccc(N(C)Cc2cccs2)c(F)c1. The van der Waals surface area contributed by atoms with E-state index in [1.807, 2.05) is 35.5 Å². The molecule has 1 aromatic carbocycles. The van der Waals surface area contributed by atoms with E-state index >= 15 is 0 Å². The van der Waals surface area contributed by atoms with Crippen molar-refractivity contribution in [2.45, 2.75) is 13.1 Å². The van der Waals surface area contributed by atoms with Crippen molar-refractivity contribution in [1.82, 2.24) is 5.32 Å². The molecule has 0 saturated carbocycles. The zero-order valence-electron chi connectivity index (χ0n) is 12.4. The fourth-order valence-electron chi connectivity index (χ4n) is 2.10.